The van der Waals surface area contributed by atoms with Crippen molar-refractivity contribution < 1.29 is 9.59 Å². The molecule has 3 unspecified atom stereocenters. The van der Waals surface area contributed by atoms with Gasteiger partial charge < -0.3 is 16.0 Å². The number of carbonyl (C=O) groups is 2. The average molecular weight is 434 g/mol. The van der Waals surface area contributed by atoms with Crippen LogP contribution in [0.15, 0.2) is 78.9 Å². The predicted molar refractivity (Wildman–Crippen MR) is 124 cm³/mol. The molecule has 0 saturated heterocycles. The zero-order valence-corrected chi connectivity index (χ0v) is 17.9. The highest BCUT2D eigenvalue weighted by Crippen LogP contribution is 2.48. The zero-order valence-electron chi connectivity index (χ0n) is 17.1. The topological polar surface area (TPSA) is 70.2 Å². The van der Waals surface area contributed by atoms with Gasteiger partial charge in [0.1, 0.15) is 0 Å². The third-order valence-corrected chi connectivity index (χ3v) is 5.70. The van der Waals surface area contributed by atoms with Crippen LogP contribution >= 0.6 is 11.6 Å². The van der Waals surface area contributed by atoms with Crippen molar-refractivity contribution >= 4 is 34.9 Å². The molecule has 1 saturated carbocycles. The molecule has 1 aliphatic rings. The number of amides is 3. The number of para-hydroxylation sites is 1. The number of anilines is 2. The number of benzene rings is 3. The van der Waals surface area contributed by atoms with E-state index in [1.54, 1.807) is 0 Å². The monoisotopic (exact) mass is 433 g/mol. The summed E-state index contributed by atoms with van der Waals surface area (Å²) in [4.78, 5) is 24.7. The molecule has 3 atom stereocenters. The van der Waals surface area contributed by atoms with Crippen molar-refractivity contribution in [3.63, 3.8) is 0 Å². The number of halogens is 1. The minimum Gasteiger partial charge on any atom is -0.349 e. The molecule has 0 spiro atoms. The molecule has 5 nitrogen and oxygen atoms in total. The van der Waals surface area contributed by atoms with Gasteiger partial charge in [-0.1, -0.05) is 54.1 Å². The molecule has 0 radical (unpaired) electrons. The van der Waals surface area contributed by atoms with Crippen LogP contribution in [0.3, 0.4) is 0 Å². The van der Waals surface area contributed by atoms with Crippen molar-refractivity contribution in [2.45, 2.75) is 25.3 Å². The molecule has 1 fully saturated rings. The summed E-state index contributed by atoms with van der Waals surface area (Å²) in [5.41, 5.74) is 3.50. The summed E-state index contributed by atoms with van der Waals surface area (Å²) in [5.74, 6) is 0.283. The van der Waals surface area contributed by atoms with Crippen LogP contribution in [0.4, 0.5) is 16.2 Å². The molecule has 4 rings (SSSR count). The van der Waals surface area contributed by atoms with E-state index < -0.39 is 0 Å². The second kappa shape index (κ2) is 9.23. The van der Waals surface area contributed by atoms with E-state index in [4.69, 9.17) is 11.6 Å². The van der Waals surface area contributed by atoms with Gasteiger partial charge in [-0.25, -0.2) is 4.79 Å². The van der Waals surface area contributed by atoms with Gasteiger partial charge in [0.05, 0.1) is 6.04 Å². The first kappa shape index (κ1) is 20.9. The molecule has 1 aliphatic carbocycles. The Bertz CT molecular complexity index is 1070. The molecule has 3 amide bonds. The third kappa shape index (κ3) is 5.44. The van der Waals surface area contributed by atoms with E-state index in [0.29, 0.717) is 10.7 Å². The minimum atomic E-state index is -0.305. The van der Waals surface area contributed by atoms with Crippen LogP contribution in [0.2, 0.25) is 5.02 Å². The number of hydrogen-bond donors (Lipinski definition) is 3. The van der Waals surface area contributed by atoms with Gasteiger partial charge in [-0.15, -0.1) is 0 Å². The Kier molecular flexibility index (Phi) is 6.23. The Labute approximate surface area is 186 Å². The van der Waals surface area contributed by atoms with E-state index in [1.165, 1.54) is 0 Å². The second-order valence-corrected chi connectivity index (χ2v) is 8.24. The largest absolute Gasteiger partial charge is 0.349 e. The van der Waals surface area contributed by atoms with Crippen molar-refractivity contribution in [1.29, 1.82) is 0 Å². The predicted octanol–water partition coefficient (Wildman–Crippen LogP) is 5.96. The first-order valence-corrected chi connectivity index (χ1v) is 10.7. The van der Waals surface area contributed by atoms with Crippen LogP contribution in [0.5, 0.6) is 0 Å². The van der Waals surface area contributed by atoms with Crippen LogP contribution in [-0.2, 0) is 4.79 Å². The lowest BCUT2D eigenvalue weighted by atomic mass is 10.1. The molecule has 3 aromatic rings. The Hall–Kier alpha value is -3.31. The van der Waals surface area contributed by atoms with E-state index >= 15 is 0 Å². The highest BCUT2D eigenvalue weighted by molar-refractivity contribution is 6.30. The van der Waals surface area contributed by atoms with Crippen molar-refractivity contribution in [3.05, 3.63) is 95.0 Å². The Morgan fingerprint density at radius 2 is 1.58 bits per heavy atom. The van der Waals surface area contributed by atoms with Crippen molar-refractivity contribution in [2.24, 2.45) is 5.92 Å². The third-order valence-electron chi connectivity index (χ3n) is 5.46. The van der Waals surface area contributed by atoms with Crippen LogP contribution in [0.1, 0.15) is 36.4 Å². The second-order valence-electron chi connectivity index (χ2n) is 7.80. The highest BCUT2D eigenvalue weighted by atomic mass is 35.5. The molecule has 31 heavy (non-hydrogen) atoms. The lowest BCUT2D eigenvalue weighted by Crippen LogP contribution is -2.28. The van der Waals surface area contributed by atoms with Crippen LogP contribution in [-0.4, -0.2) is 11.9 Å². The van der Waals surface area contributed by atoms with Crippen LogP contribution in [0, 0.1) is 5.92 Å². The van der Waals surface area contributed by atoms with Gasteiger partial charge in [0.25, 0.3) is 0 Å². The van der Waals surface area contributed by atoms with Gasteiger partial charge in [-0.05, 0) is 66.8 Å². The Morgan fingerprint density at radius 3 is 2.26 bits per heavy atom. The molecule has 0 aliphatic heterocycles. The number of hydrogen-bond acceptors (Lipinski definition) is 2. The van der Waals surface area contributed by atoms with E-state index in [0.717, 1.165) is 23.2 Å². The summed E-state index contributed by atoms with van der Waals surface area (Å²) in [5, 5.41) is 9.38. The zero-order chi connectivity index (χ0) is 21.8. The summed E-state index contributed by atoms with van der Waals surface area (Å²) in [7, 11) is 0. The Morgan fingerprint density at radius 1 is 0.903 bits per heavy atom. The summed E-state index contributed by atoms with van der Waals surface area (Å²) in [6.45, 7) is 1.96. The summed E-state index contributed by atoms with van der Waals surface area (Å²) < 4.78 is 0. The number of carbonyl (C=O) groups excluding carboxylic acids is 2. The molecular weight excluding hydrogens is 410 g/mol. The maximum absolute atomic E-state index is 12.6. The van der Waals surface area contributed by atoms with Crippen LogP contribution < -0.4 is 16.0 Å². The fourth-order valence-electron chi connectivity index (χ4n) is 3.66. The van der Waals surface area contributed by atoms with Crippen molar-refractivity contribution in [2.75, 3.05) is 10.6 Å². The lowest BCUT2D eigenvalue weighted by molar-refractivity contribution is -0.123. The molecule has 3 aromatic carbocycles. The van der Waals surface area contributed by atoms with E-state index in [1.807, 2.05) is 85.8 Å². The van der Waals surface area contributed by atoms with Crippen LogP contribution in [0.25, 0.3) is 0 Å². The van der Waals surface area contributed by atoms with E-state index in [2.05, 4.69) is 16.0 Å². The highest BCUT2D eigenvalue weighted by Gasteiger charge is 2.44. The van der Waals surface area contributed by atoms with Gasteiger partial charge in [0, 0.05) is 22.3 Å². The smallest absolute Gasteiger partial charge is 0.323 e. The fraction of sp³-hybridized carbons (Fsp3) is 0.200. The number of urea groups is 1. The van der Waals surface area contributed by atoms with Gasteiger partial charge in [0.2, 0.25) is 5.91 Å². The Balaban J connectivity index is 1.29. The van der Waals surface area contributed by atoms with E-state index in [9.17, 15) is 9.59 Å². The molecule has 6 heteroatoms. The first-order valence-electron chi connectivity index (χ1n) is 10.3. The molecule has 0 aromatic heterocycles. The summed E-state index contributed by atoms with van der Waals surface area (Å²) >= 11 is 6.06. The summed E-state index contributed by atoms with van der Waals surface area (Å²) in [6.07, 6.45) is 0.846. The average Bonchev–Trinajstić information content (AvgIpc) is 3.56. The molecular formula is C25H24ClN3O2. The lowest BCUT2D eigenvalue weighted by Gasteiger charge is -2.15. The molecule has 3 N–H and O–H groups in total. The maximum atomic E-state index is 12.6. The minimum absolute atomic E-state index is 0.0106. The van der Waals surface area contributed by atoms with Gasteiger partial charge in [-0.3, -0.25) is 4.79 Å². The van der Waals surface area contributed by atoms with Crippen molar-refractivity contribution in [1.82, 2.24) is 5.32 Å². The van der Waals surface area contributed by atoms with E-state index in [-0.39, 0.29) is 29.8 Å². The van der Waals surface area contributed by atoms with Gasteiger partial charge >= 0.3 is 6.03 Å². The fourth-order valence-corrected chi connectivity index (χ4v) is 3.86. The maximum Gasteiger partial charge on any atom is 0.323 e. The summed E-state index contributed by atoms with van der Waals surface area (Å²) in [6, 6.07) is 24.0. The van der Waals surface area contributed by atoms with Gasteiger partial charge in [0.15, 0.2) is 0 Å². The normalized spacial score (nSPS) is 18.0. The number of rotatable bonds is 6. The van der Waals surface area contributed by atoms with Crippen molar-refractivity contribution in [3.8, 4) is 0 Å². The first-order chi connectivity index (χ1) is 15.0. The molecule has 0 heterocycles. The number of nitrogens with one attached hydrogen (secondary N) is 3. The molecule has 0 bridgehead atoms. The quantitative estimate of drug-likeness (QED) is 0.448. The standard InChI is InChI=1S/C25H24ClN3O2/c1-16(27-24(30)23-15-22(23)18-6-5-7-19(26)14-18)17-10-12-21(13-11-17)29-25(31)28-20-8-3-2-4-9-20/h2-14,16,22-23H,15H2,1H3,(H,27,30)(H2,28,29,31). The molecule has 158 valence electrons. The SMILES string of the molecule is CC(NC(=O)C1CC1c1cccc(Cl)c1)c1ccc(NC(=O)Nc2ccccc2)cc1. The van der Waals surface area contributed by atoms with Gasteiger partial charge in [-0.2, -0.15) is 0 Å².